The van der Waals surface area contributed by atoms with Crippen LogP contribution >= 0.6 is 15.9 Å². The van der Waals surface area contributed by atoms with Crippen molar-refractivity contribution in [1.29, 1.82) is 0 Å². The van der Waals surface area contributed by atoms with E-state index in [1.807, 2.05) is 11.5 Å². The first-order valence-electron chi connectivity index (χ1n) is 8.32. The Bertz CT molecular complexity index is 836. The lowest BCUT2D eigenvalue weighted by atomic mass is 10.2. The molecular formula is C17H25BrN2O4Si. The number of aryl methyl sites for hydroxylation is 1. The third-order valence-corrected chi connectivity index (χ3v) is 6.53. The Morgan fingerprint density at radius 1 is 1.36 bits per heavy atom. The topological polar surface area (TPSA) is 73.3 Å². The average molecular weight is 429 g/mol. The van der Waals surface area contributed by atoms with Crippen LogP contribution in [0.15, 0.2) is 15.5 Å². The molecule has 0 atom stereocenters. The average Bonchev–Trinajstić information content (AvgIpc) is 2.75. The molecule has 2 rings (SSSR count). The van der Waals surface area contributed by atoms with Gasteiger partial charge < -0.3 is 19.0 Å². The lowest BCUT2D eigenvalue weighted by Gasteiger charge is -2.16. The van der Waals surface area contributed by atoms with E-state index >= 15 is 0 Å². The molecule has 0 aliphatic carbocycles. The van der Waals surface area contributed by atoms with Crippen LogP contribution in [-0.2, 0) is 16.2 Å². The van der Waals surface area contributed by atoms with Crippen molar-refractivity contribution in [2.24, 2.45) is 0 Å². The van der Waals surface area contributed by atoms with Crippen LogP contribution in [0.4, 0.5) is 0 Å². The standard InChI is InChI=1S/C17H25BrN2O4Si/c1-6-24-17(22)13-9-12-14(16(21)19-13)11(2)20(15(12)18)10-23-7-8-25(3,4)5/h9H,6-8,10H2,1-5H3,(H,19,21). The largest absolute Gasteiger partial charge is 0.461 e. The van der Waals surface area contributed by atoms with Crippen LogP contribution in [-0.4, -0.2) is 36.8 Å². The minimum atomic E-state index is -1.14. The number of hydrogen-bond donors (Lipinski definition) is 1. The number of aromatic amines is 1. The number of pyridine rings is 1. The van der Waals surface area contributed by atoms with Crippen LogP contribution in [0, 0.1) is 6.92 Å². The van der Waals surface area contributed by atoms with Crippen molar-refractivity contribution in [2.45, 2.75) is 46.3 Å². The van der Waals surface area contributed by atoms with E-state index in [2.05, 4.69) is 40.6 Å². The van der Waals surface area contributed by atoms with E-state index in [9.17, 15) is 9.59 Å². The lowest BCUT2D eigenvalue weighted by Crippen LogP contribution is -2.22. The summed E-state index contributed by atoms with van der Waals surface area (Å²) in [6.07, 6.45) is 0. The minimum Gasteiger partial charge on any atom is -0.461 e. The molecule has 0 spiro atoms. The molecular weight excluding hydrogens is 404 g/mol. The van der Waals surface area contributed by atoms with Gasteiger partial charge in [-0.25, -0.2) is 4.79 Å². The number of esters is 1. The van der Waals surface area contributed by atoms with Crippen molar-refractivity contribution in [3.63, 3.8) is 0 Å². The number of fused-ring (bicyclic) bond motifs is 1. The number of hydrogen-bond acceptors (Lipinski definition) is 4. The predicted molar refractivity (Wildman–Crippen MR) is 105 cm³/mol. The van der Waals surface area contributed by atoms with Crippen LogP contribution in [0.5, 0.6) is 0 Å². The fourth-order valence-corrected chi connectivity index (χ4v) is 3.95. The van der Waals surface area contributed by atoms with Gasteiger partial charge in [-0.15, -0.1) is 0 Å². The second kappa shape index (κ2) is 7.88. The first-order valence-corrected chi connectivity index (χ1v) is 12.8. The molecule has 138 valence electrons. The second-order valence-electron chi connectivity index (χ2n) is 7.17. The summed E-state index contributed by atoms with van der Waals surface area (Å²) in [7, 11) is -1.14. The molecule has 0 aliphatic heterocycles. The quantitative estimate of drug-likeness (QED) is 0.412. The van der Waals surface area contributed by atoms with Gasteiger partial charge in [0.05, 0.1) is 16.6 Å². The molecule has 6 nitrogen and oxygen atoms in total. The molecule has 25 heavy (non-hydrogen) atoms. The van der Waals surface area contributed by atoms with Crippen molar-refractivity contribution < 1.29 is 14.3 Å². The van der Waals surface area contributed by atoms with Crippen LogP contribution in [0.25, 0.3) is 10.8 Å². The van der Waals surface area contributed by atoms with Crippen LogP contribution in [0.2, 0.25) is 25.7 Å². The summed E-state index contributed by atoms with van der Waals surface area (Å²) in [5.41, 5.74) is 0.642. The highest BCUT2D eigenvalue weighted by Gasteiger charge is 2.19. The molecule has 2 aromatic rings. The number of carbonyl (C=O) groups excluding carboxylic acids is 1. The summed E-state index contributed by atoms with van der Waals surface area (Å²) in [6.45, 7) is 11.8. The van der Waals surface area contributed by atoms with Gasteiger partial charge in [0.2, 0.25) is 0 Å². The van der Waals surface area contributed by atoms with E-state index in [1.165, 1.54) is 0 Å². The fraction of sp³-hybridized carbons (Fsp3) is 0.529. The predicted octanol–water partition coefficient (Wildman–Crippen LogP) is 3.89. The van der Waals surface area contributed by atoms with E-state index in [0.29, 0.717) is 24.1 Å². The Balaban J connectivity index is 2.32. The van der Waals surface area contributed by atoms with E-state index < -0.39 is 14.0 Å². The van der Waals surface area contributed by atoms with Gasteiger partial charge in [-0.05, 0) is 41.9 Å². The first-order chi connectivity index (χ1) is 11.7. The zero-order valence-electron chi connectivity index (χ0n) is 15.4. The van der Waals surface area contributed by atoms with Crippen LogP contribution < -0.4 is 5.56 Å². The Morgan fingerprint density at radius 2 is 2.04 bits per heavy atom. The lowest BCUT2D eigenvalue weighted by molar-refractivity contribution is 0.0519. The molecule has 0 bridgehead atoms. The Hall–Kier alpha value is -1.38. The number of ether oxygens (including phenoxy) is 2. The SMILES string of the molecule is CCOC(=O)c1cc2c(Br)n(COCC[Si](C)(C)C)c(C)c2c(=O)[nH]1. The van der Waals surface area contributed by atoms with E-state index in [1.54, 1.807) is 13.0 Å². The highest BCUT2D eigenvalue weighted by atomic mass is 79.9. The van der Waals surface area contributed by atoms with Crippen LogP contribution in [0.1, 0.15) is 23.1 Å². The molecule has 0 fully saturated rings. The van der Waals surface area contributed by atoms with Crippen LogP contribution in [0.3, 0.4) is 0 Å². The summed E-state index contributed by atoms with van der Waals surface area (Å²) < 4.78 is 13.4. The molecule has 0 saturated carbocycles. The normalized spacial score (nSPS) is 11.9. The van der Waals surface area contributed by atoms with Crippen molar-refractivity contribution in [2.75, 3.05) is 13.2 Å². The molecule has 0 aromatic carbocycles. The third-order valence-electron chi connectivity index (χ3n) is 3.97. The van der Waals surface area contributed by atoms with E-state index in [-0.39, 0.29) is 17.9 Å². The number of nitrogens with one attached hydrogen (secondary N) is 1. The van der Waals surface area contributed by atoms with E-state index in [4.69, 9.17) is 9.47 Å². The number of aromatic nitrogens is 2. The maximum absolute atomic E-state index is 12.4. The highest BCUT2D eigenvalue weighted by molar-refractivity contribution is 9.10. The van der Waals surface area contributed by atoms with Gasteiger partial charge in [0.25, 0.3) is 5.56 Å². The van der Waals surface area contributed by atoms with Gasteiger partial charge in [0, 0.05) is 25.8 Å². The molecule has 1 N–H and O–H groups in total. The summed E-state index contributed by atoms with van der Waals surface area (Å²) >= 11 is 3.54. The van der Waals surface area contributed by atoms with Gasteiger partial charge in [-0.3, -0.25) is 4.79 Å². The summed E-state index contributed by atoms with van der Waals surface area (Å²) in [4.78, 5) is 26.9. The maximum Gasteiger partial charge on any atom is 0.354 e. The Morgan fingerprint density at radius 3 is 2.64 bits per heavy atom. The minimum absolute atomic E-state index is 0.150. The van der Waals surface area contributed by atoms with E-state index in [0.717, 1.165) is 16.3 Å². The maximum atomic E-state index is 12.4. The summed E-state index contributed by atoms with van der Waals surface area (Å²) in [6, 6.07) is 2.72. The smallest absolute Gasteiger partial charge is 0.354 e. The number of nitrogens with zero attached hydrogens (tertiary/aromatic N) is 1. The van der Waals surface area contributed by atoms with Crippen molar-refractivity contribution in [1.82, 2.24) is 9.55 Å². The Kier molecular flexibility index (Phi) is 6.29. The first kappa shape index (κ1) is 19.9. The number of carbonyl (C=O) groups is 1. The number of H-pyrrole nitrogens is 1. The highest BCUT2D eigenvalue weighted by Crippen LogP contribution is 2.28. The molecule has 0 radical (unpaired) electrons. The third kappa shape index (κ3) is 4.62. The molecule has 2 heterocycles. The van der Waals surface area contributed by atoms with Crippen molar-refractivity contribution in [3.8, 4) is 0 Å². The summed E-state index contributed by atoms with van der Waals surface area (Å²) in [5, 5.41) is 1.23. The Labute approximate surface area is 156 Å². The van der Waals surface area contributed by atoms with Gasteiger partial charge >= 0.3 is 5.97 Å². The molecule has 0 aliphatic rings. The zero-order valence-corrected chi connectivity index (χ0v) is 17.9. The zero-order chi connectivity index (χ0) is 18.8. The molecule has 2 aromatic heterocycles. The van der Waals surface area contributed by atoms with Gasteiger partial charge in [-0.2, -0.15) is 0 Å². The molecule has 0 saturated heterocycles. The molecule has 0 unspecified atom stereocenters. The number of halogens is 1. The summed E-state index contributed by atoms with van der Waals surface area (Å²) in [5.74, 6) is -0.537. The fourth-order valence-electron chi connectivity index (χ4n) is 2.52. The monoisotopic (exact) mass is 428 g/mol. The van der Waals surface area contributed by atoms with Crippen molar-refractivity contribution in [3.05, 3.63) is 32.4 Å². The number of rotatable bonds is 7. The van der Waals surface area contributed by atoms with Gasteiger partial charge in [0.1, 0.15) is 12.4 Å². The second-order valence-corrected chi connectivity index (χ2v) is 13.5. The van der Waals surface area contributed by atoms with Gasteiger partial charge in [-0.1, -0.05) is 19.6 Å². The molecule has 8 heteroatoms. The molecule has 0 amide bonds. The van der Waals surface area contributed by atoms with Crippen molar-refractivity contribution >= 4 is 40.7 Å². The van der Waals surface area contributed by atoms with Gasteiger partial charge in [0.15, 0.2) is 0 Å².